The van der Waals surface area contributed by atoms with Crippen molar-refractivity contribution < 1.29 is 0 Å². The lowest BCUT2D eigenvalue weighted by atomic mass is 10.1. The fourth-order valence-electron chi connectivity index (χ4n) is 2.97. The van der Waals surface area contributed by atoms with Crippen LogP contribution < -0.4 is 10.7 Å². The topological polar surface area (TPSA) is 30.9 Å². The van der Waals surface area contributed by atoms with Crippen LogP contribution in [0.1, 0.15) is 5.56 Å². The summed E-state index contributed by atoms with van der Waals surface area (Å²) in [6.45, 7) is 4.55. The van der Waals surface area contributed by atoms with Crippen LogP contribution in [0.3, 0.4) is 0 Å². The Labute approximate surface area is 141 Å². The van der Waals surface area contributed by atoms with E-state index in [-0.39, 0.29) is 0 Å². The molecule has 0 aromatic heterocycles. The standard InChI is InChI=1S/C20H18N4/c1-2-15-23-20(17-10-4-3-5-11-17)21-22-24(23)19-14-8-12-16-9-6-7-13-18(16)19/h2-14,22H,1,15H2. The Morgan fingerprint density at radius 1 is 0.917 bits per heavy atom. The van der Waals surface area contributed by atoms with Gasteiger partial charge in [-0.3, -0.25) is 0 Å². The largest absolute Gasteiger partial charge is 0.242 e. The third-order valence-electron chi connectivity index (χ3n) is 4.07. The first kappa shape index (κ1) is 14.3. The van der Waals surface area contributed by atoms with E-state index >= 15 is 0 Å². The molecule has 0 fully saturated rings. The molecule has 4 heteroatoms. The third kappa shape index (κ3) is 2.38. The van der Waals surface area contributed by atoms with Crippen LogP contribution in [0.5, 0.6) is 0 Å². The number of hydrogen-bond acceptors (Lipinski definition) is 4. The van der Waals surface area contributed by atoms with Gasteiger partial charge in [0, 0.05) is 10.9 Å². The fourth-order valence-corrected chi connectivity index (χ4v) is 2.97. The van der Waals surface area contributed by atoms with Crippen molar-refractivity contribution in [2.24, 2.45) is 5.10 Å². The quantitative estimate of drug-likeness (QED) is 0.740. The van der Waals surface area contributed by atoms with Crippen LogP contribution in [0.25, 0.3) is 10.8 Å². The highest BCUT2D eigenvalue weighted by atomic mass is 15.9. The van der Waals surface area contributed by atoms with Gasteiger partial charge in [-0.15, -0.1) is 11.7 Å². The van der Waals surface area contributed by atoms with Crippen molar-refractivity contribution in [2.75, 3.05) is 11.7 Å². The number of hydrazine groups is 2. The number of fused-ring (bicyclic) bond motifs is 1. The van der Waals surface area contributed by atoms with Gasteiger partial charge in [-0.2, -0.15) is 10.7 Å². The Morgan fingerprint density at radius 2 is 1.67 bits per heavy atom. The van der Waals surface area contributed by atoms with Crippen LogP contribution in [0, 0.1) is 0 Å². The van der Waals surface area contributed by atoms with Gasteiger partial charge in [-0.05, 0) is 11.5 Å². The van der Waals surface area contributed by atoms with Gasteiger partial charge in [0.1, 0.15) is 0 Å². The monoisotopic (exact) mass is 314 g/mol. The van der Waals surface area contributed by atoms with Gasteiger partial charge in [0.05, 0.1) is 12.2 Å². The van der Waals surface area contributed by atoms with Crippen LogP contribution in [-0.2, 0) is 0 Å². The summed E-state index contributed by atoms with van der Waals surface area (Å²) >= 11 is 0. The first-order chi connectivity index (χ1) is 11.9. The maximum atomic E-state index is 4.54. The molecule has 0 aliphatic carbocycles. The second-order valence-corrected chi connectivity index (χ2v) is 5.58. The first-order valence-electron chi connectivity index (χ1n) is 7.93. The highest BCUT2D eigenvalue weighted by Gasteiger charge is 2.27. The van der Waals surface area contributed by atoms with Crippen LogP contribution in [0.2, 0.25) is 0 Å². The number of nitrogens with zero attached hydrogens (tertiary/aromatic N) is 3. The third-order valence-corrected chi connectivity index (χ3v) is 4.07. The number of anilines is 1. The fraction of sp³-hybridized carbons (Fsp3) is 0.0500. The highest BCUT2D eigenvalue weighted by molar-refractivity contribution is 6.02. The summed E-state index contributed by atoms with van der Waals surface area (Å²) in [6.07, 6.45) is 1.88. The average Bonchev–Trinajstić information content (AvgIpc) is 3.06. The van der Waals surface area contributed by atoms with E-state index in [2.05, 4.69) is 76.8 Å². The highest BCUT2D eigenvalue weighted by Crippen LogP contribution is 2.29. The van der Waals surface area contributed by atoms with E-state index in [0.717, 1.165) is 17.1 Å². The molecule has 1 aliphatic heterocycles. The summed E-state index contributed by atoms with van der Waals surface area (Å²) in [5, 5.41) is 11.0. The smallest absolute Gasteiger partial charge is 0.178 e. The van der Waals surface area contributed by atoms with Crippen LogP contribution in [-0.4, -0.2) is 17.4 Å². The second-order valence-electron chi connectivity index (χ2n) is 5.58. The lowest BCUT2D eigenvalue weighted by molar-refractivity contribution is 0.412. The maximum absolute atomic E-state index is 4.54. The molecule has 0 saturated carbocycles. The predicted octanol–water partition coefficient (Wildman–Crippen LogP) is 3.93. The molecular weight excluding hydrogens is 296 g/mol. The molecule has 118 valence electrons. The lowest BCUT2D eigenvalue weighted by Gasteiger charge is -2.30. The summed E-state index contributed by atoms with van der Waals surface area (Å²) in [6, 6.07) is 24.8. The maximum Gasteiger partial charge on any atom is 0.178 e. The SMILES string of the molecule is C=CCN1C(c2ccccc2)=NNN1c1cccc2ccccc12. The Bertz CT molecular complexity index is 896. The molecule has 3 aromatic carbocycles. The van der Waals surface area contributed by atoms with E-state index in [9.17, 15) is 0 Å². The zero-order valence-electron chi connectivity index (χ0n) is 13.3. The summed E-state index contributed by atoms with van der Waals surface area (Å²) in [5.74, 6) is 0.878. The number of hydrogen-bond donors (Lipinski definition) is 1. The van der Waals surface area contributed by atoms with Crippen molar-refractivity contribution in [1.29, 1.82) is 0 Å². The molecule has 1 heterocycles. The van der Waals surface area contributed by atoms with E-state index in [1.807, 2.05) is 29.4 Å². The average molecular weight is 314 g/mol. The Hall–Kier alpha value is -3.27. The zero-order valence-corrected chi connectivity index (χ0v) is 13.3. The van der Waals surface area contributed by atoms with E-state index in [0.29, 0.717) is 6.54 Å². The van der Waals surface area contributed by atoms with Crippen LogP contribution in [0.4, 0.5) is 5.69 Å². The minimum absolute atomic E-state index is 0.657. The zero-order chi connectivity index (χ0) is 16.4. The van der Waals surface area contributed by atoms with Gasteiger partial charge < -0.3 is 0 Å². The molecule has 0 atom stereocenters. The molecule has 4 nitrogen and oxygen atoms in total. The van der Waals surface area contributed by atoms with Crippen molar-refractivity contribution in [3.8, 4) is 0 Å². The number of rotatable bonds is 4. The minimum atomic E-state index is 0.657. The van der Waals surface area contributed by atoms with Crippen molar-refractivity contribution in [1.82, 2.24) is 10.5 Å². The molecular formula is C20H18N4. The van der Waals surface area contributed by atoms with Crippen molar-refractivity contribution in [2.45, 2.75) is 0 Å². The van der Waals surface area contributed by atoms with Gasteiger partial charge in [0.25, 0.3) is 0 Å². The van der Waals surface area contributed by atoms with Crippen molar-refractivity contribution >= 4 is 22.3 Å². The van der Waals surface area contributed by atoms with Gasteiger partial charge in [-0.25, -0.2) is 5.01 Å². The van der Waals surface area contributed by atoms with Gasteiger partial charge in [0.15, 0.2) is 5.84 Å². The molecule has 0 spiro atoms. The Kier molecular flexibility index (Phi) is 3.63. The number of amidine groups is 1. The molecule has 0 amide bonds. The first-order valence-corrected chi connectivity index (χ1v) is 7.93. The van der Waals surface area contributed by atoms with E-state index in [1.54, 1.807) is 0 Å². The van der Waals surface area contributed by atoms with E-state index in [4.69, 9.17) is 0 Å². The molecule has 0 bridgehead atoms. The molecule has 3 aromatic rings. The van der Waals surface area contributed by atoms with Gasteiger partial charge >= 0.3 is 0 Å². The second kappa shape index (κ2) is 6.08. The van der Waals surface area contributed by atoms with E-state index < -0.39 is 0 Å². The number of nitrogens with one attached hydrogen (secondary N) is 1. The molecule has 4 rings (SSSR count). The molecule has 0 radical (unpaired) electrons. The summed E-state index contributed by atoms with van der Waals surface area (Å²) in [4.78, 5) is 0. The molecule has 0 unspecified atom stereocenters. The normalized spacial score (nSPS) is 13.8. The van der Waals surface area contributed by atoms with Gasteiger partial charge in [0.2, 0.25) is 0 Å². The van der Waals surface area contributed by atoms with E-state index in [1.165, 1.54) is 10.8 Å². The summed E-state index contributed by atoms with van der Waals surface area (Å²) in [5.41, 5.74) is 5.27. The van der Waals surface area contributed by atoms with Crippen LogP contribution >= 0.6 is 0 Å². The summed E-state index contributed by atoms with van der Waals surface area (Å²) in [7, 11) is 0. The molecule has 24 heavy (non-hydrogen) atoms. The Balaban J connectivity index is 1.77. The minimum Gasteiger partial charge on any atom is -0.242 e. The molecule has 0 saturated heterocycles. The van der Waals surface area contributed by atoms with Crippen LogP contribution in [0.15, 0.2) is 90.6 Å². The lowest BCUT2D eigenvalue weighted by Crippen LogP contribution is -2.46. The predicted molar refractivity (Wildman–Crippen MR) is 99.4 cm³/mol. The number of benzene rings is 3. The van der Waals surface area contributed by atoms with Crippen molar-refractivity contribution in [3.63, 3.8) is 0 Å². The Morgan fingerprint density at radius 3 is 2.50 bits per heavy atom. The van der Waals surface area contributed by atoms with Gasteiger partial charge in [-0.1, -0.05) is 72.8 Å². The molecule has 1 N–H and O–H groups in total. The van der Waals surface area contributed by atoms with Crippen molar-refractivity contribution in [3.05, 3.63) is 91.0 Å². The molecule has 1 aliphatic rings. The number of hydrazone groups is 1. The summed E-state index contributed by atoms with van der Waals surface area (Å²) < 4.78 is 0.